The number of hydrogen-bond acceptors (Lipinski definition) is 5. The second-order valence-corrected chi connectivity index (χ2v) is 8.86. The number of benzene rings is 3. The van der Waals surface area contributed by atoms with Crippen LogP contribution in [0.25, 0.3) is 11.1 Å². The second-order valence-electron chi connectivity index (χ2n) is 8.86. The number of nitrogens with zero attached hydrogens (tertiary/aromatic N) is 5. The normalized spacial score (nSPS) is 18.0. The Balaban J connectivity index is 1.25. The van der Waals surface area contributed by atoms with Crippen LogP contribution in [0.15, 0.2) is 85.2 Å². The van der Waals surface area contributed by atoms with Gasteiger partial charge >= 0.3 is 0 Å². The number of carbonyl (C=O) groups is 1. The molecule has 1 fully saturated rings. The van der Waals surface area contributed by atoms with E-state index in [4.69, 9.17) is 0 Å². The number of aromatic nitrogens is 4. The summed E-state index contributed by atoms with van der Waals surface area (Å²) in [6.07, 6.45) is 2.89. The van der Waals surface area contributed by atoms with E-state index in [-0.39, 0.29) is 23.8 Å². The summed E-state index contributed by atoms with van der Waals surface area (Å²) in [7, 11) is 0. The summed E-state index contributed by atoms with van der Waals surface area (Å²) in [5, 5.41) is 14.6. The lowest BCUT2D eigenvalue weighted by atomic mass is 10.0. The van der Waals surface area contributed by atoms with Gasteiger partial charge in [0.05, 0.1) is 12.1 Å². The van der Waals surface area contributed by atoms with Gasteiger partial charge in [0.1, 0.15) is 12.1 Å². The Hall–Kier alpha value is -3.91. The quantitative estimate of drug-likeness (QED) is 0.425. The number of halogens is 1. The second kappa shape index (κ2) is 10.6. The topological polar surface area (TPSA) is 75.9 Å². The fraction of sp³-hybridized carbons (Fsp3) is 0.259. The molecule has 0 radical (unpaired) electrons. The van der Waals surface area contributed by atoms with Gasteiger partial charge in [0, 0.05) is 19.6 Å². The van der Waals surface area contributed by atoms with Crippen LogP contribution in [-0.4, -0.2) is 50.1 Å². The summed E-state index contributed by atoms with van der Waals surface area (Å²) < 4.78 is 14.9. The van der Waals surface area contributed by atoms with Crippen molar-refractivity contribution >= 4 is 5.91 Å². The van der Waals surface area contributed by atoms with Crippen LogP contribution in [0.5, 0.6) is 0 Å². The lowest BCUT2D eigenvalue weighted by Gasteiger charge is -2.23. The van der Waals surface area contributed by atoms with Gasteiger partial charge in [0.2, 0.25) is 5.91 Å². The van der Waals surface area contributed by atoms with Crippen molar-refractivity contribution in [1.29, 1.82) is 0 Å². The molecule has 3 aromatic carbocycles. The Morgan fingerprint density at radius 2 is 1.66 bits per heavy atom. The Morgan fingerprint density at radius 3 is 2.37 bits per heavy atom. The molecule has 0 unspecified atom stereocenters. The number of likely N-dealkylation sites (tertiary alicyclic amines) is 1. The van der Waals surface area contributed by atoms with Crippen molar-refractivity contribution in [3.63, 3.8) is 0 Å². The molecule has 1 aliphatic heterocycles. The molecule has 1 aromatic heterocycles. The van der Waals surface area contributed by atoms with Gasteiger partial charge in [-0.15, -0.1) is 5.10 Å². The first-order valence-electron chi connectivity index (χ1n) is 11.8. The van der Waals surface area contributed by atoms with Crippen LogP contribution in [0.2, 0.25) is 0 Å². The largest absolute Gasteiger partial charge is 0.354 e. The SMILES string of the molecule is O=C(NCCc1ccc(F)cc1)[C@@H]1C[C@H](n2cnnn2)CN1Cc1ccc(-c2ccccc2)cc1. The van der Waals surface area contributed by atoms with Gasteiger partial charge < -0.3 is 5.32 Å². The maximum atomic E-state index is 13.2. The average Bonchev–Trinajstić information content (AvgIpc) is 3.57. The minimum atomic E-state index is -0.286. The molecule has 0 saturated carbocycles. The van der Waals surface area contributed by atoms with E-state index in [1.165, 1.54) is 17.7 Å². The van der Waals surface area contributed by atoms with Crippen molar-refractivity contribution in [2.75, 3.05) is 13.1 Å². The van der Waals surface area contributed by atoms with Crippen LogP contribution in [0.1, 0.15) is 23.6 Å². The minimum Gasteiger partial charge on any atom is -0.354 e. The predicted molar refractivity (Wildman–Crippen MR) is 131 cm³/mol. The minimum absolute atomic E-state index is 0.0106. The van der Waals surface area contributed by atoms with Crippen molar-refractivity contribution in [2.45, 2.75) is 31.5 Å². The van der Waals surface area contributed by atoms with E-state index in [2.05, 4.69) is 62.1 Å². The van der Waals surface area contributed by atoms with E-state index in [0.29, 0.717) is 32.5 Å². The summed E-state index contributed by atoms with van der Waals surface area (Å²) in [6.45, 7) is 1.83. The van der Waals surface area contributed by atoms with Gasteiger partial charge in [-0.3, -0.25) is 9.69 Å². The van der Waals surface area contributed by atoms with Gasteiger partial charge in [0.25, 0.3) is 0 Å². The van der Waals surface area contributed by atoms with Crippen LogP contribution in [-0.2, 0) is 17.8 Å². The smallest absolute Gasteiger partial charge is 0.237 e. The molecule has 1 aliphatic rings. The molecule has 4 aromatic rings. The van der Waals surface area contributed by atoms with Gasteiger partial charge in [-0.25, -0.2) is 9.07 Å². The Kier molecular flexibility index (Phi) is 6.90. The molecule has 8 heteroatoms. The highest BCUT2D eigenvalue weighted by molar-refractivity contribution is 5.82. The third kappa shape index (κ3) is 5.60. The maximum Gasteiger partial charge on any atom is 0.237 e. The third-order valence-electron chi connectivity index (χ3n) is 6.50. The first kappa shape index (κ1) is 22.9. The van der Waals surface area contributed by atoms with E-state index < -0.39 is 0 Å². The lowest BCUT2D eigenvalue weighted by Crippen LogP contribution is -2.43. The first-order valence-corrected chi connectivity index (χ1v) is 11.8. The lowest BCUT2D eigenvalue weighted by molar-refractivity contribution is -0.125. The number of rotatable bonds is 8. The average molecular weight is 471 g/mol. The standard InChI is InChI=1S/C27H27FN6O/c28-24-12-8-20(9-13-24)14-15-29-27(35)26-16-25(34-19-30-31-32-34)18-33(26)17-21-6-10-23(11-7-21)22-4-2-1-3-5-22/h1-13,19,25-26H,14-18H2,(H,29,35)/t25-,26-/m0/s1. The monoisotopic (exact) mass is 470 g/mol. The van der Waals surface area contributed by atoms with Crippen LogP contribution >= 0.6 is 0 Å². The molecule has 35 heavy (non-hydrogen) atoms. The highest BCUT2D eigenvalue weighted by atomic mass is 19.1. The highest BCUT2D eigenvalue weighted by Gasteiger charge is 2.38. The summed E-state index contributed by atoms with van der Waals surface area (Å²) in [5.41, 5.74) is 4.47. The summed E-state index contributed by atoms with van der Waals surface area (Å²) in [4.78, 5) is 15.4. The van der Waals surface area contributed by atoms with Crippen molar-refractivity contribution < 1.29 is 9.18 Å². The molecular weight excluding hydrogens is 443 g/mol. The molecule has 0 bridgehead atoms. The van der Waals surface area contributed by atoms with Crippen molar-refractivity contribution in [3.05, 3.63) is 102 Å². The molecular formula is C27H27FN6O. The first-order chi connectivity index (χ1) is 17.2. The molecule has 178 valence electrons. The Morgan fingerprint density at radius 1 is 0.943 bits per heavy atom. The van der Waals surface area contributed by atoms with Crippen LogP contribution in [0, 0.1) is 5.82 Å². The van der Waals surface area contributed by atoms with E-state index in [9.17, 15) is 9.18 Å². The van der Waals surface area contributed by atoms with Gasteiger partial charge in [-0.2, -0.15) is 0 Å². The zero-order chi connectivity index (χ0) is 24.0. The molecule has 1 saturated heterocycles. The van der Waals surface area contributed by atoms with Gasteiger partial charge in [-0.1, -0.05) is 66.7 Å². The zero-order valence-corrected chi connectivity index (χ0v) is 19.3. The fourth-order valence-electron chi connectivity index (χ4n) is 4.62. The van der Waals surface area contributed by atoms with E-state index in [0.717, 1.165) is 16.7 Å². The number of nitrogens with one attached hydrogen (secondary N) is 1. The maximum absolute atomic E-state index is 13.2. The molecule has 7 nitrogen and oxygen atoms in total. The number of carbonyl (C=O) groups excluding carboxylic acids is 1. The van der Waals surface area contributed by atoms with E-state index in [1.807, 2.05) is 18.2 Å². The molecule has 2 atom stereocenters. The summed E-state index contributed by atoms with van der Waals surface area (Å²) in [5.74, 6) is -0.270. The highest BCUT2D eigenvalue weighted by Crippen LogP contribution is 2.29. The van der Waals surface area contributed by atoms with Crippen molar-refractivity contribution in [3.8, 4) is 11.1 Å². The van der Waals surface area contributed by atoms with Crippen LogP contribution in [0.3, 0.4) is 0 Å². The fourth-order valence-corrected chi connectivity index (χ4v) is 4.62. The molecule has 5 rings (SSSR count). The van der Waals surface area contributed by atoms with Gasteiger partial charge in [0.15, 0.2) is 0 Å². The van der Waals surface area contributed by atoms with E-state index in [1.54, 1.807) is 23.1 Å². The molecule has 1 N–H and O–H groups in total. The predicted octanol–water partition coefficient (Wildman–Crippen LogP) is 3.65. The number of hydrogen-bond donors (Lipinski definition) is 1. The Labute approximate surface area is 203 Å². The Bertz CT molecular complexity index is 1230. The zero-order valence-electron chi connectivity index (χ0n) is 19.3. The molecule has 0 spiro atoms. The van der Waals surface area contributed by atoms with Crippen molar-refractivity contribution in [1.82, 2.24) is 30.4 Å². The molecule has 0 aliphatic carbocycles. The van der Waals surface area contributed by atoms with Gasteiger partial charge in [-0.05, 0) is 57.7 Å². The van der Waals surface area contributed by atoms with Crippen molar-refractivity contribution in [2.24, 2.45) is 0 Å². The van der Waals surface area contributed by atoms with Crippen LogP contribution < -0.4 is 5.32 Å². The number of amides is 1. The molecule has 1 amide bonds. The van der Waals surface area contributed by atoms with E-state index >= 15 is 0 Å². The van der Waals surface area contributed by atoms with Crippen LogP contribution in [0.4, 0.5) is 4.39 Å². The third-order valence-corrected chi connectivity index (χ3v) is 6.50. The molecule has 2 heterocycles. The summed E-state index contributed by atoms with van der Waals surface area (Å²) in [6, 6.07) is 24.9. The summed E-state index contributed by atoms with van der Waals surface area (Å²) >= 11 is 0. The number of tetrazole rings is 1.